The van der Waals surface area contributed by atoms with E-state index < -0.39 is 0 Å². The molecule has 90 valence electrons. The zero-order valence-electron chi connectivity index (χ0n) is 10.8. The number of nitrogens with one attached hydrogen (secondary N) is 1. The lowest BCUT2D eigenvalue weighted by atomic mass is 10.1. The summed E-state index contributed by atoms with van der Waals surface area (Å²) in [5.41, 5.74) is 0. The summed E-state index contributed by atoms with van der Waals surface area (Å²) in [7, 11) is 0. The number of nitrogens with zero attached hydrogens (tertiary/aromatic N) is 1. The quantitative estimate of drug-likeness (QED) is 0.632. The van der Waals surface area contributed by atoms with Crippen LogP contribution in [0.15, 0.2) is 0 Å². The molecule has 0 aromatic carbocycles. The summed E-state index contributed by atoms with van der Waals surface area (Å²) in [6, 6.07) is 0.689. The van der Waals surface area contributed by atoms with Crippen molar-refractivity contribution >= 4 is 0 Å². The molecule has 2 nitrogen and oxygen atoms in total. The van der Waals surface area contributed by atoms with Crippen molar-refractivity contribution in [2.75, 3.05) is 26.2 Å². The van der Waals surface area contributed by atoms with Crippen molar-refractivity contribution in [3.63, 3.8) is 0 Å². The van der Waals surface area contributed by atoms with Gasteiger partial charge in [-0.05, 0) is 58.2 Å². The zero-order chi connectivity index (χ0) is 11.1. The Balaban J connectivity index is 2.00. The maximum absolute atomic E-state index is 3.47. The molecule has 0 saturated heterocycles. The van der Waals surface area contributed by atoms with Gasteiger partial charge in [-0.3, -0.25) is 0 Å². The molecule has 0 bridgehead atoms. The maximum atomic E-state index is 3.47. The molecule has 0 aromatic heterocycles. The van der Waals surface area contributed by atoms with Gasteiger partial charge in [0.25, 0.3) is 0 Å². The van der Waals surface area contributed by atoms with Gasteiger partial charge in [-0.2, -0.15) is 0 Å². The molecular weight excluding hydrogens is 184 g/mol. The molecular formula is C13H28N2. The minimum absolute atomic E-state index is 0.689. The van der Waals surface area contributed by atoms with Crippen molar-refractivity contribution < 1.29 is 0 Å². The highest BCUT2D eigenvalue weighted by Crippen LogP contribution is 2.29. The van der Waals surface area contributed by atoms with Crippen LogP contribution in [0, 0.1) is 5.92 Å². The van der Waals surface area contributed by atoms with Gasteiger partial charge in [0.2, 0.25) is 0 Å². The topological polar surface area (TPSA) is 15.3 Å². The van der Waals surface area contributed by atoms with Gasteiger partial charge >= 0.3 is 0 Å². The lowest BCUT2D eigenvalue weighted by Gasteiger charge is -2.21. The van der Waals surface area contributed by atoms with Crippen LogP contribution >= 0.6 is 0 Å². The second kappa shape index (κ2) is 7.24. The van der Waals surface area contributed by atoms with Crippen LogP contribution in [-0.2, 0) is 0 Å². The highest BCUT2D eigenvalue weighted by Gasteiger charge is 2.23. The fourth-order valence-corrected chi connectivity index (χ4v) is 2.12. The molecule has 1 unspecified atom stereocenters. The van der Waals surface area contributed by atoms with Gasteiger partial charge in [0.05, 0.1) is 0 Å². The van der Waals surface area contributed by atoms with Crippen molar-refractivity contribution in [3.05, 3.63) is 0 Å². The Bertz CT molecular complexity index is 155. The van der Waals surface area contributed by atoms with Crippen LogP contribution in [0.2, 0.25) is 0 Å². The number of hydrogen-bond acceptors (Lipinski definition) is 2. The Kier molecular flexibility index (Phi) is 6.26. The summed E-state index contributed by atoms with van der Waals surface area (Å²) in [4.78, 5) is 2.62. The van der Waals surface area contributed by atoms with Gasteiger partial charge < -0.3 is 10.2 Å². The Morgan fingerprint density at radius 3 is 2.60 bits per heavy atom. The summed E-state index contributed by atoms with van der Waals surface area (Å²) in [6.07, 6.45) is 5.61. The van der Waals surface area contributed by atoms with Gasteiger partial charge in [0.15, 0.2) is 0 Å². The first-order chi connectivity index (χ1) is 7.26. The Morgan fingerprint density at radius 1 is 1.33 bits per heavy atom. The second-order valence-corrected chi connectivity index (χ2v) is 4.94. The van der Waals surface area contributed by atoms with E-state index in [1.54, 1.807) is 0 Å². The molecule has 1 saturated carbocycles. The average molecular weight is 212 g/mol. The first-order valence-electron chi connectivity index (χ1n) is 6.72. The van der Waals surface area contributed by atoms with Gasteiger partial charge in [-0.25, -0.2) is 0 Å². The normalized spacial score (nSPS) is 18.4. The third-order valence-electron chi connectivity index (χ3n) is 3.32. The van der Waals surface area contributed by atoms with E-state index in [-0.39, 0.29) is 0 Å². The Morgan fingerprint density at radius 2 is 2.07 bits per heavy atom. The lowest BCUT2D eigenvalue weighted by Crippen LogP contribution is -2.30. The van der Waals surface area contributed by atoms with Crippen molar-refractivity contribution in [1.82, 2.24) is 10.2 Å². The molecule has 0 heterocycles. The van der Waals surface area contributed by atoms with Crippen LogP contribution in [0.4, 0.5) is 0 Å². The zero-order valence-corrected chi connectivity index (χ0v) is 10.8. The van der Waals surface area contributed by atoms with Crippen LogP contribution < -0.4 is 5.32 Å². The van der Waals surface area contributed by atoms with Gasteiger partial charge in [-0.1, -0.05) is 13.8 Å². The van der Waals surface area contributed by atoms with E-state index in [0.717, 1.165) is 12.5 Å². The molecule has 2 heteroatoms. The molecule has 1 fully saturated rings. The Hall–Kier alpha value is -0.0800. The minimum atomic E-state index is 0.689. The molecule has 0 amide bonds. The predicted octanol–water partition coefficient (Wildman–Crippen LogP) is 2.50. The SMILES string of the molecule is CCNC(C)CCCN(CC)CC1CC1. The second-order valence-electron chi connectivity index (χ2n) is 4.94. The molecule has 1 aliphatic rings. The summed E-state index contributed by atoms with van der Waals surface area (Å²) in [6.45, 7) is 11.7. The van der Waals surface area contributed by atoms with Crippen molar-refractivity contribution in [2.24, 2.45) is 5.92 Å². The summed E-state index contributed by atoms with van der Waals surface area (Å²) in [5, 5.41) is 3.47. The lowest BCUT2D eigenvalue weighted by molar-refractivity contribution is 0.266. The summed E-state index contributed by atoms with van der Waals surface area (Å²) < 4.78 is 0. The largest absolute Gasteiger partial charge is 0.315 e. The number of rotatable bonds is 9. The molecule has 1 atom stereocenters. The minimum Gasteiger partial charge on any atom is -0.315 e. The highest BCUT2D eigenvalue weighted by atomic mass is 15.1. The smallest absolute Gasteiger partial charge is 0.00390 e. The molecule has 15 heavy (non-hydrogen) atoms. The fourth-order valence-electron chi connectivity index (χ4n) is 2.12. The summed E-state index contributed by atoms with van der Waals surface area (Å²) >= 11 is 0. The first kappa shape index (κ1) is 13.0. The molecule has 1 aliphatic carbocycles. The molecule has 0 aromatic rings. The standard InChI is InChI=1S/C13H28N2/c1-4-14-12(3)7-6-10-15(5-2)11-13-8-9-13/h12-14H,4-11H2,1-3H3. The van der Waals surface area contributed by atoms with Crippen LogP contribution in [0.3, 0.4) is 0 Å². The van der Waals surface area contributed by atoms with Crippen LogP contribution in [0.25, 0.3) is 0 Å². The van der Waals surface area contributed by atoms with E-state index in [4.69, 9.17) is 0 Å². The van der Waals surface area contributed by atoms with E-state index >= 15 is 0 Å². The van der Waals surface area contributed by atoms with Crippen molar-refractivity contribution in [2.45, 2.75) is 52.5 Å². The Labute approximate surface area is 95.4 Å². The molecule has 0 spiro atoms. The maximum Gasteiger partial charge on any atom is 0.00390 e. The van der Waals surface area contributed by atoms with Crippen LogP contribution in [0.5, 0.6) is 0 Å². The molecule has 0 radical (unpaired) electrons. The molecule has 0 aliphatic heterocycles. The van der Waals surface area contributed by atoms with E-state index in [9.17, 15) is 0 Å². The van der Waals surface area contributed by atoms with E-state index in [1.807, 2.05) is 0 Å². The van der Waals surface area contributed by atoms with Crippen LogP contribution in [0.1, 0.15) is 46.5 Å². The summed E-state index contributed by atoms with van der Waals surface area (Å²) in [5.74, 6) is 1.04. The van der Waals surface area contributed by atoms with Crippen molar-refractivity contribution in [3.8, 4) is 0 Å². The molecule has 1 N–H and O–H groups in total. The van der Waals surface area contributed by atoms with E-state index in [1.165, 1.54) is 45.3 Å². The van der Waals surface area contributed by atoms with Crippen molar-refractivity contribution in [1.29, 1.82) is 0 Å². The first-order valence-corrected chi connectivity index (χ1v) is 6.72. The van der Waals surface area contributed by atoms with Gasteiger partial charge in [-0.15, -0.1) is 0 Å². The van der Waals surface area contributed by atoms with E-state index in [2.05, 4.69) is 31.0 Å². The molecule has 1 rings (SSSR count). The fraction of sp³-hybridized carbons (Fsp3) is 1.00. The van der Waals surface area contributed by atoms with Crippen LogP contribution in [-0.4, -0.2) is 37.1 Å². The van der Waals surface area contributed by atoms with Gasteiger partial charge in [0.1, 0.15) is 0 Å². The third kappa shape index (κ3) is 6.16. The monoisotopic (exact) mass is 212 g/mol. The number of hydrogen-bond donors (Lipinski definition) is 1. The van der Waals surface area contributed by atoms with E-state index in [0.29, 0.717) is 6.04 Å². The predicted molar refractivity (Wildman–Crippen MR) is 67.2 cm³/mol. The van der Waals surface area contributed by atoms with Gasteiger partial charge in [0, 0.05) is 12.6 Å². The highest BCUT2D eigenvalue weighted by molar-refractivity contribution is 4.77. The third-order valence-corrected chi connectivity index (χ3v) is 3.32. The average Bonchev–Trinajstić information content (AvgIpc) is 3.00.